The number of nitrogens with zero attached hydrogens (tertiary/aromatic N) is 3. The molecule has 3 aromatic rings. The topological polar surface area (TPSA) is 85.8 Å². The summed E-state index contributed by atoms with van der Waals surface area (Å²) in [5.74, 6) is 2.05. The number of para-hydroxylation sites is 1. The first-order valence-corrected chi connectivity index (χ1v) is 8.81. The number of hydrogen-bond acceptors (Lipinski definition) is 7. The van der Waals surface area contributed by atoms with E-state index in [0.717, 1.165) is 11.3 Å². The van der Waals surface area contributed by atoms with Crippen LogP contribution in [-0.4, -0.2) is 49.3 Å². The minimum absolute atomic E-state index is 0.301. The van der Waals surface area contributed by atoms with Crippen molar-refractivity contribution < 1.29 is 19.0 Å². The van der Waals surface area contributed by atoms with Gasteiger partial charge in [0.25, 0.3) is 0 Å². The molecule has 0 atom stereocenters. The average Bonchev–Trinajstić information content (AvgIpc) is 2.74. The lowest BCUT2D eigenvalue weighted by atomic mass is 10.1. The normalized spacial score (nSPS) is 10.2. The summed E-state index contributed by atoms with van der Waals surface area (Å²) in [6, 6.07) is 14.6. The number of methoxy groups -OCH3 is 2. The van der Waals surface area contributed by atoms with Crippen LogP contribution in [0.5, 0.6) is 17.2 Å². The summed E-state index contributed by atoms with van der Waals surface area (Å²) < 4.78 is 16.1. The van der Waals surface area contributed by atoms with E-state index in [4.69, 9.17) is 14.2 Å². The Morgan fingerprint density at radius 1 is 0.931 bits per heavy atom. The first-order valence-electron chi connectivity index (χ1n) is 8.81. The fourth-order valence-electron chi connectivity index (χ4n) is 2.60. The first-order chi connectivity index (χ1) is 14.0. The standard InChI is InChI=1S/C21H22N4O4/c1-25(2)21(26)29-19-11-14(9-10-18(19)28-4)24-20-12-16(22-13-23-20)15-7-5-6-8-17(15)27-3/h5-13H,1-4H3,(H,22,23,24). The second kappa shape index (κ2) is 8.92. The van der Waals surface area contributed by atoms with Gasteiger partial charge in [-0.25, -0.2) is 14.8 Å². The van der Waals surface area contributed by atoms with E-state index in [9.17, 15) is 4.79 Å². The highest BCUT2D eigenvalue weighted by atomic mass is 16.6. The number of rotatable bonds is 6. The molecule has 1 aromatic heterocycles. The van der Waals surface area contributed by atoms with Crippen LogP contribution in [0.3, 0.4) is 0 Å². The summed E-state index contributed by atoms with van der Waals surface area (Å²) in [6.45, 7) is 0. The van der Waals surface area contributed by atoms with E-state index in [1.54, 1.807) is 39.4 Å². The SMILES string of the molecule is COc1ccc(Nc2cc(-c3ccccc3OC)ncn2)cc1OC(=O)N(C)C. The van der Waals surface area contributed by atoms with Crippen LogP contribution in [0.2, 0.25) is 0 Å². The second-order valence-corrected chi connectivity index (χ2v) is 6.24. The largest absolute Gasteiger partial charge is 0.496 e. The molecule has 0 saturated carbocycles. The zero-order chi connectivity index (χ0) is 20.8. The van der Waals surface area contributed by atoms with Crippen LogP contribution < -0.4 is 19.5 Å². The number of aromatic nitrogens is 2. The van der Waals surface area contributed by atoms with Crippen LogP contribution in [0, 0.1) is 0 Å². The number of amides is 1. The third-order valence-corrected chi connectivity index (χ3v) is 4.05. The minimum Gasteiger partial charge on any atom is -0.496 e. The Hall–Kier alpha value is -3.81. The lowest BCUT2D eigenvalue weighted by Crippen LogP contribution is -2.25. The molecule has 0 radical (unpaired) electrons. The maximum atomic E-state index is 11.9. The number of anilines is 2. The Balaban J connectivity index is 1.88. The van der Waals surface area contributed by atoms with Crippen LogP contribution in [0.4, 0.5) is 16.3 Å². The Morgan fingerprint density at radius 2 is 1.69 bits per heavy atom. The number of carbonyl (C=O) groups is 1. The highest BCUT2D eigenvalue weighted by molar-refractivity contribution is 5.73. The van der Waals surface area contributed by atoms with E-state index in [1.807, 2.05) is 30.3 Å². The molecule has 0 aliphatic carbocycles. The molecule has 0 fully saturated rings. The van der Waals surface area contributed by atoms with E-state index < -0.39 is 6.09 Å². The fraction of sp³-hybridized carbons (Fsp3) is 0.190. The van der Waals surface area contributed by atoms with Gasteiger partial charge in [-0.3, -0.25) is 0 Å². The van der Waals surface area contributed by atoms with Crippen LogP contribution in [-0.2, 0) is 0 Å². The van der Waals surface area contributed by atoms with Gasteiger partial charge in [-0.05, 0) is 24.3 Å². The maximum Gasteiger partial charge on any atom is 0.414 e. The Morgan fingerprint density at radius 3 is 2.41 bits per heavy atom. The van der Waals surface area contributed by atoms with Gasteiger partial charge in [-0.2, -0.15) is 0 Å². The van der Waals surface area contributed by atoms with Crippen molar-refractivity contribution >= 4 is 17.6 Å². The van der Waals surface area contributed by atoms with Gasteiger partial charge in [-0.15, -0.1) is 0 Å². The molecule has 0 bridgehead atoms. The molecule has 1 N–H and O–H groups in total. The molecular weight excluding hydrogens is 372 g/mol. The Kier molecular flexibility index (Phi) is 6.13. The van der Waals surface area contributed by atoms with Crippen LogP contribution in [0.25, 0.3) is 11.3 Å². The summed E-state index contributed by atoms with van der Waals surface area (Å²) in [5.41, 5.74) is 2.25. The summed E-state index contributed by atoms with van der Waals surface area (Å²) >= 11 is 0. The van der Waals surface area contributed by atoms with Crippen molar-refractivity contribution in [3.63, 3.8) is 0 Å². The molecule has 0 unspecified atom stereocenters. The van der Waals surface area contributed by atoms with Gasteiger partial charge in [0.2, 0.25) is 0 Å². The van der Waals surface area contributed by atoms with Gasteiger partial charge >= 0.3 is 6.09 Å². The summed E-state index contributed by atoms with van der Waals surface area (Å²) in [5, 5.41) is 3.19. The van der Waals surface area contributed by atoms with Crippen molar-refractivity contribution in [2.75, 3.05) is 33.6 Å². The van der Waals surface area contributed by atoms with Crippen LogP contribution in [0.15, 0.2) is 54.9 Å². The lowest BCUT2D eigenvalue weighted by molar-refractivity contribution is 0.170. The third-order valence-electron chi connectivity index (χ3n) is 4.05. The Labute approximate surface area is 169 Å². The first kappa shape index (κ1) is 19.9. The number of benzene rings is 2. The van der Waals surface area contributed by atoms with E-state index in [1.165, 1.54) is 18.3 Å². The second-order valence-electron chi connectivity index (χ2n) is 6.24. The maximum absolute atomic E-state index is 11.9. The molecular formula is C21H22N4O4. The number of hydrogen-bond donors (Lipinski definition) is 1. The van der Waals surface area contributed by atoms with Crippen molar-refractivity contribution in [1.82, 2.24) is 14.9 Å². The summed E-state index contributed by atoms with van der Waals surface area (Å²) in [7, 11) is 6.35. The summed E-state index contributed by atoms with van der Waals surface area (Å²) in [6.07, 6.45) is 0.974. The zero-order valence-corrected chi connectivity index (χ0v) is 16.7. The monoisotopic (exact) mass is 394 g/mol. The minimum atomic E-state index is -0.499. The number of ether oxygens (including phenoxy) is 3. The molecule has 1 heterocycles. The third kappa shape index (κ3) is 4.73. The molecule has 0 aliphatic heterocycles. The molecule has 29 heavy (non-hydrogen) atoms. The smallest absolute Gasteiger partial charge is 0.414 e. The molecule has 1 amide bonds. The van der Waals surface area contributed by atoms with Gasteiger partial charge in [0.05, 0.1) is 19.9 Å². The van der Waals surface area contributed by atoms with E-state index in [-0.39, 0.29) is 0 Å². The van der Waals surface area contributed by atoms with Gasteiger partial charge in [0, 0.05) is 37.5 Å². The van der Waals surface area contributed by atoms with Crippen molar-refractivity contribution in [3.05, 3.63) is 54.9 Å². The highest BCUT2D eigenvalue weighted by Gasteiger charge is 2.13. The van der Waals surface area contributed by atoms with Crippen LogP contribution in [0.1, 0.15) is 0 Å². The molecule has 8 heteroatoms. The van der Waals surface area contributed by atoms with Crippen molar-refractivity contribution in [2.45, 2.75) is 0 Å². The molecule has 2 aromatic carbocycles. The van der Waals surface area contributed by atoms with Gasteiger partial charge < -0.3 is 24.4 Å². The molecule has 150 valence electrons. The van der Waals surface area contributed by atoms with E-state index in [0.29, 0.717) is 28.7 Å². The number of carbonyl (C=O) groups excluding carboxylic acids is 1. The Bertz CT molecular complexity index is 1010. The molecule has 0 spiro atoms. The van der Waals surface area contributed by atoms with Gasteiger partial charge in [0.1, 0.15) is 17.9 Å². The molecule has 8 nitrogen and oxygen atoms in total. The van der Waals surface area contributed by atoms with Crippen molar-refractivity contribution in [2.24, 2.45) is 0 Å². The fourth-order valence-corrected chi connectivity index (χ4v) is 2.60. The zero-order valence-electron chi connectivity index (χ0n) is 16.7. The lowest BCUT2D eigenvalue weighted by Gasteiger charge is -2.15. The van der Waals surface area contributed by atoms with Crippen molar-refractivity contribution in [3.8, 4) is 28.5 Å². The summed E-state index contributed by atoms with van der Waals surface area (Å²) in [4.78, 5) is 21.8. The predicted octanol–water partition coefficient (Wildman–Crippen LogP) is 3.96. The van der Waals surface area contributed by atoms with E-state index in [2.05, 4.69) is 15.3 Å². The van der Waals surface area contributed by atoms with Gasteiger partial charge in [-0.1, -0.05) is 12.1 Å². The quantitative estimate of drug-likeness (QED) is 0.677. The van der Waals surface area contributed by atoms with Crippen molar-refractivity contribution in [1.29, 1.82) is 0 Å². The molecule has 0 saturated heterocycles. The highest BCUT2D eigenvalue weighted by Crippen LogP contribution is 2.33. The molecule has 0 aliphatic rings. The van der Waals surface area contributed by atoms with Crippen LogP contribution >= 0.6 is 0 Å². The number of nitrogens with one attached hydrogen (secondary N) is 1. The predicted molar refractivity (Wildman–Crippen MR) is 110 cm³/mol. The molecule has 3 rings (SSSR count). The van der Waals surface area contributed by atoms with Gasteiger partial charge in [0.15, 0.2) is 11.5 Å². The van der Waals surface area contributed by atoms with E-state index >= 15 is 0 Å². The average molecular weight is 394 g/mol.